The number of nitrogens with two attached hydrogens (primary N) is 1. The molecule has 3 aromatic carbocycles. The highest BCUT2D eigenvalue weighted by molar-refractivity contribution is 8.24. The number of fused-ring (bicyclic) bond motifs is 3. The summed E-state index contributed by atoms with van der Waals surface area (Å²) in [7, 11) is 2.33. The summed E-state index contributed by atoms with van der Waals surface area (Å²) in [5, 5.41) is 10.5. The number of aromatic nitrogens is 4. The van der Waals surface area contributed by atoms with Gasteiger partial charge in [0.15, 0.2) is 43.0 Å². The second-order valence-electron chi connectivity index (χ2n) is 14.8. The molecule has 4 N–H and O–H groups in total. The van der Waals surface area contributed by atoms with E-state index in [9.17, 15) is 28.0 Å². The average molecular weight is 861 g/mol. The van der Waals surface area contributed by atoms with E-state index in [4.69, 9.17) is 10.5 Å². The van der Waals surface area contributed by atoms with Gasteiger partial charge in [-0.1, -0.05) is 27.1 Å². The number of H-pyrrole nitrogens is 1. The number of carbonyl (C=O) groups is 2. The third-order valence-electron chi connectivity index (χ3n) is 11.0. The predicted molar refractivity (Wildman–Crippen MR) is 216 cm³/mol. The maximum atomic E-state index is 17.2. The van der Waals surface area contributed by atoms with Gasteiger partial charge in [0.2, 0.25) is 17.8 Å². The molecule has 0 radical (unpaired) electrons. The number of nitrogen functional groups attached to an aromatic ring is 1. The summed E-state index contributed by atoms with van der Waals surface area (Å²) in [6.45, 7) is -3.44. The molecule has 9 rings (SSSR count). The van der Waals surface area contributed by atoms with Crippen molar-refractivity contribution in [3.8, 4) is 5.75 Å². The van der Waals surface area contributed by atoms with E-state index >= 15 is 13.2 Å². The topological polar surface area (TPSA) is 167 Å². The Morgan fingerprint density at radius 2 is 1.73 bits per heavy atom. The lowest BCUT2D eigenvalue weighted by molar-refractivity contribution is -0.599. The Balaban J connectivity index is 1.07. The van der Waals surface area contributed by atoms with Crippen LogP contribution in [0.2, 0.25) is 0 Å². The Kier molecular flexibility index (Phi) is 9.78. The van der Waals surface area contributed by atoms with Crippen molar-refractivity contribution >= 4 is 66.9 Å². The molecule has 0 bridgehead atoms. The Labute approximate surface area is 339 Å². The Bertz CT molecular complexity index is 2860. The molecule has 2 unspecified atom stereocenters. The number of aromatic amines is 1. The van der Waals surface area contributed by atoms with Crippen LogP contribution in [0.25, 0.3) is 16.7 Å². The standard InChI is InChI=1S/C41H32F5N7O5P2/c42-20-13-52(14-20)22-4-8-25-29(11-22)60(57,59)30-12-23(53-15-21(43)16-53)5-9-26(30)31(25)33-34(40(55)56)37(46)36(45)32(35(33)44)28(54)10-3-19-1-6-24(7-2-19)58-17-27-38-39(49-18-48-38)51-41(47)50-27/h1-2,4-9,11-12,18,20-21,47H,3,10,13-17,59H2,(H2,55,56,57)/p+1. The van der Waals surface area contributed by atoms with Gasteiger partial charge in [0.1, 0.15) is 41.1 Å². The van der Waals surface area contributed by atoms with E-state index in [-0.39, 0.29) is 72.5 Å². The van der Waals surface area contributed by atoms with Gasteiger partial charge in [-0.2, -0.15) is 4.98 Å². The fourth-order valence-electron chi connectivity index (χ4n) is 7.87. The van der Waals surface area contributed by atoms with Crippen LogP contribution in [0, 0.1) is 17.5 Å². The van der Waals surface area contributed by atoms with Crippen molar-refractivity contribution < 1.29 is 50.5 Å². The number of carboxylic acid groups (broad SMARTS) is 1. The van der Waals surface area contributed by atoms with E-state index in [1.165, 1.54) is 30.6 Å². The molecule has 2 atom stereocenters. The van der Waals surface area contributed by atoms with Crippen LogP contribution in [-0.4, -0.2) is 85.6 Å². The first-order valence-corrected chi connectivity index (χ1v) is 22.0. The number of hydrogen-bond donors (Lipinski definition) is 3. The molecular weight excluding hydrogens is 827 g/mol. The van der Waals surface area contributed by atoms with E-state index in [0.29, 0.717) is 39.6 Å². The van der Waals surface area contributed by atoms with E-state index in [1.54, 1.807) is 45.9 Å². The smallest absolute Gasteiger partial charge is 0.339 e. The van der Waals surface area contributed by atoms with Crippen molar-refractivity contribution in [2.24, 2.45) is 0 Å². The maximum Gasteiger partial charge on any atom is 0.339 e. The Morgan fingerprint density at radius 1 is 1.00 bits per heavy atom. The zero-order valence-corrected chi connectivity index (χ0v) is 33.3. The van der Waals surface area contributed by atoms with E-state index in [1.807, 2.05) is 0 Å². The number of ether oxygens (including phenoxy) is 1. The molecule has 3 aliphatic heterocycles. The average Bonchev–Trinajstić information content (AvgIpc) is 3.67. The largest absolute Gasteiger partial charge is 0.487 e. The first-order valence-electron chi connectivity index (χ1n) is 18.7. The number of rotatable bonds is 10. The van der Waals surface area contributed by atoms with Gasteiger partial charge >= 0.3 is 5.97 Å². The molecule has 5 heterocycles. The highest BCUT2D eigenvalue weighted by Gasteiger charge is 2.44. The summed E-state index contributed by atoms with van der Waals surface area (Å²) in [5.74, 6) is -8.22. The van der Waals surface area contributed by atoms with Crippen LogP contribution in [-0.2, 0) is 17.6 Å². The number of aryl methyl sites for hydroxylation is 1. The molecule has 0 amide bonds. The molecule has 60 heavy (non-hydrogen) atoms. The molecule has 0 spiro atoms. The first-order chi connectivity index (χ1) is 28.7. The van der Waals surface area contributed by atoms with E-state index in [2.05, 4.69) is 28.9 Å². The molecule has 4 aliphatic rings. The number of aromatic carboxylic acids is 1. The zero-order chi connectivity index (χ0) is 42.2. The third-order valence-corrected chi connectivity index (χ3v) is 14.8. The molecule has 5 aromatic rings. The maximum absolute atomic E-state index is 17.2. The van der Waals surface area contributed by atoms with Gasteiger partial charge in [-0.3, -0.25) is 4.79 Å². The lowest BCUT2D eigenvalue weighted by atomic mass is 9.84. The molecule has 12 nitrogen and oxygen atoms in total. The van der Waals surface area contributed by atoms with Gasteiger partial charge in [-0.25, -0.2) is 41.3 Å². The number of halogens is 5. The lowest BCUT2D eigenvalue weighted by Gasteiger charge is -2.38. The molecule has 0 saturated carbocycles. The van der Waals surface area contributed by atoms with Crippen molar-refractivity contribution in [3.05, 3.63) is 129 Å². The molecule has 1 aliphatic carbocycles. The summed E-state index contributed by atoms with van der Waals surface area (Å²) in [6, 6.07) is 11.0. The van der Waals surface area contributed by atoms with Gasteiger partial charge in [0.25, 0.3) is 0 Å². The van der Waals surface area contributed by atoms with Crippen molar-refractivity contribution in [2.45, 2.75) is 31.8 Å². The van der Waals surface area contributed by atoms with Crippen LogP contribution in [0.5, 0.6) is 5.75 Å². The molecule has 306 valence electrons. The van der Waals surface area contributed by atoms with E-state index < -0.39 is 71.5 Å². The summed E-state index contributed by atoms with van der Waals surface area (Å²) in [4.78, 5) is 43.4. The number of alkyl halides is 2. The fourth-order valence-corrected chi connectivity index (χ4v) is 11.1. The number of allylic oxidation sites excluding steroid dienone is 5. The summed E-state index contributed by atoms with van der Waals surface area (Å²) in [5.41, 5.74) is 5.04. The van der Waals surface area contributed by atoms with E-state index in [0.717, 1.165) is 0 Å². The second-order valence-corrected chi connectivity index (χ2v) is 19.3. The molecule has 2 saturated heterocycles. The highest BCUT2D eigenvalue weighted by atomic mass is 32.0. The third kappa shape index (κ3) is 6.69. The van der Waals surface area contributed by atoms with Crippen LogP contribution in [0.3, 0.4) is 0 Å². The summed E-state index contributed by atoms with van der Waals surface area (Å²) in [6.07, 6.45) is 3.28. The normalized spacial score (nSPS) is 19.8. The first kappa shape index (κ1) is 39.4. The van der Waals surface area contributed by atoms with Gasteiger partial charge in [-0.05, 0) is 53.5 Å². The number of hydrogen-bond acceptors (Lipinski definition) is 9. The molecular formula is C41H33F5N7O5P2+. The van der Waals surface area contributed by atoms with Gasteiger partial charge in [-0.15, -0.1) is 0 Å². The van der Waals surface area contributed by atoms with Crippen LogP contribution in [0.1, 0.15) is 49.5 Å². The van der Waals surface area contributed by atoms with Gasteiger partial charge in [0.05, 0.1) is 25.0 Å². The minimum absolute atomic E-state index is 0.0168. The minimum atomic E-state index is -3.72. The lowest BCUT2D eigenvalue weighted by Crippen LogP contribution is -2.48. The quantitative estimate of drug-likeness (QED) is 0.0467. The molecule has 2 fully saturated rings. The highest BCUT2D eigenvalue weighted by Crippen LogP contribution is 2.68. The van der Waals surface area contributed by atoms with Crippen LogP contribution >= 0.6 is 15.8 Å². The number of benzene rings is 3. The predicted octanol–water partition coefficient (Wildman–Crippen LogP) is 6.46. The van der Waals surface area contributed by atoms with Crippen molar-refractivity contribution in [2.75, 3.05) is 36.8 Å². The number of ketones is 1. The fraction of sp³-hybridized carbons (Fsp3) is 0.220. The second kappa shape index (κ2) is 14.9. The molecule has 2 aromatic heterocycles. The summed E-state index contributed by atoms with van der Waals surface area (Å²) < 4.78 is 99.4. The van der Waals surface area contributed by atoms with Crippen LogP contribution in [0.15, 0.2) is 77.9 Å². The Morgan fingerprint density at radius 3 is 2.43 bits per heavy atom. The Hall–Kier alpha value is -6.05. The summed E-state index contributed by atoms with van der Waals surface area (Å²) >= 11 is 0. The number of carbonyl (C=O) groups excluding carboxylic acids is 1. The number of imidazole rings is 1. The zero-order valence-electron chi connectivity index (χ0n) is 31.3. The number of anilines is 2. The van der Waals surface area contributed by atoms with Crippen LogP contribution < -0.4 is 20.7 Å². The van der Waals surface area contributed by atoms with Gasteiger partial charge < -0.3 is 30.0 Å². The van der Waals surface area contributed by atoms with Crippen molar-refractivity contribution in [1.29, 1.82) is 0 Å². The van der Waals surface area contributed by atoms with Crippen molar-refractivity contribution in [3.63, 3.8) is 0 Å². The molecule has 19 heteroatoms. The van der Waals surface area contributed by atoms with Crippen molar-refractivity contribution in [1.82, 2.24) is 19.9 Å². The van der Waals surface area contributed by atoms with Gasteiger partial charge in [0, 0.05) is 46.0 Å². The minimum Gasteiger partial charge on any atom is -0.487 e. The number of nitrogens with one attached hydrogen (secondary N) is 1. The monoisotopic (exact) mass is 860 g/mol. The van der Waals surface area contributed by atoms with Crippen LogP contribution in [0.4, 0.5) is 33.6 Å². The number of carboxylic acids is 1. The SMILES string of the molecule is Nc1nc(COc2ccc(CCC(=O)c3c(F)c(F)c(C(=O)O)c(C4=C5C=CC(=[N+]6CC(F)C6)C=C5P(=O)(P)c5cc(N6CC(F)C6)ccc54)c3F)cc2)c2[nH]cnc2n1. The number of nitrogens with zero attached hydrogens (tertiary/aromatic N) is 5. The number of Topliss-reactive ketones (excluding diaryl/α,β-unsaturated/α-hetero) is 1.